The Hall–Kier alpha value is -3.35. The van der Waals surface area contributed by atoms with Gasteiger partial charge in [0.1, 0.15) is 12.6 Å². The molecule has 7 nitrogen and oxygen atoms in total. The molecule has 35 heavy (non-hydrogen) atoms. The Bertz CT molecular complexity index is 1020. The molecule has 0 spiro atoms. The van der Waals surface area contributed by atoms with E-state index >= 15 is 0 Å². The van der Waals surface area contributed by atoms with Crippen LogP contribution in [-0.2, 0) is 14.3 Å². The maximum absolute atomic E-state index is 13.3. The number of nitrogens with one attached hydrogen (secondary N) is 1. The van der Waals surface area contributed by atoms with Crippen LogP contribution in [0.4, 0.5) is 4.79 Å². The van der Waals surface area contributed by atoms with Gasteiger partial charge in [-0.25, -0.2) is 4.79 Å². The lowest BCUT2D eigenvalue weighted by molar-refractivity contribution is -0.137. The molecule has 4 rings (SSSR count). The van der Waals surface area contributed by atoms with E-state index < -0.39 is 18.1 Å². The predicted molar refractivity (Wildman–Crippen MR) is 133 cm³/mol. The van der Waals surface area contributed by atoms with Crippen molar-refractivity contribution >= 4 is 18.0 Å². The molecule has 0 bridgehead atoms. The quantitative estimate of drug-likeness (QED) is 0.453. The molecule has 1 atom stereocenters. The second-order valence-corrected chi connectivity index (χ2v) is 9.41. The Balaban J connectivity index is 1.38. The largest absolute Gasteiger partial charge is 0.481 e. The van der Waals surface area contributed by atoms with E-state index in [-0.39, 0.29) is 30.8 Å². The number of likely N-dealkylation sites (N-methyl/N-ethyl adjacent to an activating group) is 1. The molecule has 0 saturated heterocycles. The van der Waals surface area contributed by atoms with Crippen molar-refractivity contribution in [2.24, 2.45) is 5.92 Å². The number of carboxylic acid groups (broad SMARTS) is 1. The molecule has 1 unspecified atom stereocenters. The van der Waals surface area contributed by atoms with Gasteiger partial charge < -0.3 is 20.1 Å². The number of aliphatic carboxylic acids is 1. The van der Waals surface area contributed by atoms with Crippen LogP contribution < -0.4 is 5.32 Å². The number of carboxylic acids is 1. The molecule has 0 aliphatic heterocycles. The van der Waals surface area contributed by atoms with Gasteiger partial charge in [0.15, 0.2) is 0 Å². The van der Waals surface area contributed by atoms with E-state index in [1.54, 1.807) is 4.90 Å². The van der Waals surface area contributed by atoms with E-state index in [1.807, 2.05) is 31.2 Å². The molecule has 1 fully saturated rings. The zero-order valence-corrected chi connectivity index (χ0v) is 20.2. The van der Waals surface area contributed by atoms with Crippen LogP contribution in [0.5, 0.6) is 0 Å². The summed E-state index contributed by atoms with van der Waals surface area (Å²) >= 11 is 0. The first-order chi connectivity index (χ1) is 17.0. The molecule has 1 saturated carbocycles. The van der Waals surface area contributed by atoms with Gasteiger partial charge in [-0.3, -0.25) is 9.59 Å². The van der Waals surface area contributed by atoms with Gasteiger partial charge in [-0.15, -0.1) is 0 Å². The lowest BCUT2D eigenvalue weighted by Crippen LogP contribution is -2.54. The van der Waals surface area contributed by atoms with Gasteiger partial charge in [0.05, 0.1) is 0 Å². The van der Waals surface area contributed by atoms with Gasteiger partial charge >= 0.3 is 12.1 Å². The lowest BCUT2D eigenvalue weighted by atomic mass is 9.79. The lowest BCUT2D eigenvalue weighted by Gasteiger charge is -2.36. The number of ether oxygens (including phenoxy) is 1. The van der Waals surface area contributed by atoms with E-state index in [1.165, 1.54) is 11.1 Å². The number of nitrogens with zero attached hydrogens (tertiary/aromatic N) is 1. The summed E-state index contributed by atoms with van der Waals surface area (Å²) in [5, 5.41) is 11.7. The maximum atomic E-state index is 13.3. The number of benzene rings is 2. The van der Waals surface area contributed by atoms with Crippen molar-refractivity contribution in [3.05, 3.63) is 59.7 Å². The van der Waals surface area contributed by atoms with Gasteiger partial charge in [-0.05, 0) is 60.8 Å². The molecule has 2 aliphatic carbocycles. The molecule has 2 amide bonds. The van der Waals surface area contributed by atoms with Gasteiger partial charge in [-0.2, -0.15) is 0 Å². The van der Waals surface area contributed by atoms with E-state index in [0.717, 1.165) is 30.4 Å². The number of rotatable bonds is 11. The maximum Gasteiger partial charge on any atom is 0.407 e. The first-order valence-electron chi connectivity index (χ1n) is 12.6. The summed E-state index contributed by atoms with van der Waals surface area (Å²) in [6.45, 7) is 3.11. The molecule has 2 N–H and O–H groups in total. The minimum Gasteiger partial charge on any atom is -0.481 e. The highest BCUT2D eigenvalue weighted by atomic mass is 16.5. The summed E-state index contributed by atoms with van der Waals surface area (Å²) in [7, 11) is 0. The number of hydrogen-bond acceptors (Lipinski definition) is 4. The number of alkyl carbamates (subject to hydrolysis) is 1. The normalized spacial score (nSPS) is 15.5. The molecule has 2 aromatic carbocycles. The van der Waals surface area contributed by atoms with E-state index in [9.17, 15) is 14.4 Å². The fourth-order valence-corrected chi connectivity index (χ4v) is 5.12. The van der Waals surface area contributed by atoms with Crippen LogP contribution >= 0.6 is 0 Å². The standard InChI is InChI=1S/C28H34N2O5/c1-2-30(17-8-7-16-25(31)32)27(33)26(19-10-9-11-19)29-28(34)35-18-24-22-14-5-3-12-20(22)21-13-4-6-15-23(21)24/h3-6,12-15,19,24,26H,2,7-11,16-18H2,1H3,(H,29,34)(H,31,32). The molecule has 0 radical (unpaired) electrons. The number of fused-ring (bicyclic) bond motifs is 3. The van der Waals surface area contributed by atoms with Crippen molar-refractivity contribution in [3.8, 4) is 11.1 Å². The molecular weight excluding hydrogens is 444 g/mol. The van der Waals surface area contributed by atoms with Crippen LogP contribution in [0.1, 0.15) is 62.5 Å². The van der Waals surface area contributed by atoms with Crippen LogP contribution in [-0.4, -0.2) is 53.7 Å². The fourth-order valence-electron chi connectivity index (χ4n) is 5.12. The Morgan fingerprint density at radius 2 is 1.66 bits per heavy atom. The highest BCUT2D eigenvalue weighted by Crippen LogP contribution is 2.44. The number of hydrogen-bond donors (Lipinski definition) is 2. The summed E-state index contributed by atoms with van der Waals surface area (Å²) < 4.78 is 5.69. The fraction of sp³-hybridized carbons (Fsp3) is 0.464. The van der Waals surface area contributed by atoms with Crippen LogP contribution in [0.25, 0.3) is 11.1 Å². The third-order valence-corrected chi connectivity index (χ3v) is 7.27. The first-order valence-corrected chi connectivity index (χ1v) is 12.6. The van der Waals surface area contributed by atoms with Crippen LogP contribution in [0.15, 0.2) is 48.5 Å². The molecule has 186 valence electrons. The SMILES string of the molecule is CCN(CCCCC(=O)O)C(=O)C(NC(=O)OCC1c2ccccc2-c2ccccc21)C1CCC1. The van der Waals surface area contributed by atoms with E-state index in [0.29, 0.717) is 25.9 Å². The highest BCUT2D eigenvalue weighted by Gasteiger charge is 2.37. The molecule has 0 heterocycles. The molecular formula is C28H34N2O5. The predicted octanol–water partition coefficient (Wildman–Crippen LogP) is 4.80. The summed E-state index contributed by atoms with van der Waals surface area (Å²) in [6, 6.07) is 15.8. The smallest absolute Gasteiger partial charge is 0.407 e. The van der Waals surface area contributed by atoms with Gasteiger partial charge in [0.2, 0.25) is 5.91 Å². The zero-order valence-electron chi connectivity index (χ0n) is 20.2. The second kappa shape index (κ2) is 11.4. The Morgan fingerprint density at radius 1 is 1.03 bits per heavy atom. The number of carbonyl (C=O) groups is 3. The van der Waals surface area contributed by atoms with Gasteiger partial charge in [0, 0.05) is 25.4 Å². The van der Waals surface area contributed by atoms with Crippen molar-refractivity contribution in [2.45, 2.75) is 57.4 Å². The minimum absolute atomic E-state index is 0.0348. The van der Waals surface area contributed by atoms with Crippen LogP contribution in [0, 0.1) is 5.92 Å². The highest BCUT2D eigenvalue weighted by molar-refractivity contribution is 5.86. The summed E-state index contributed by atoms with van der Waals surface area (Å²) in [5.74, 6) is -0.867. The van der Waals surface area contributed by atoms with E-state index in [4.69, 9.17) is 9.84 Å². The Kier molecular flexibility index (Phi) is 8.06. The van der Waals surface area contributed by atoms with Gasteiger partial charge in [0.25, 0.3) is 0 Å². The van der Waals surface area contributed by atoms with Crippen LogP contribution in [0.3, 0.4) is 0 Å². The molecule has 0 aromatic heterocycles. The molecule has 2 aliphatic rings. The van der Waals surface area contributed by atoms with Crippen LogP contribution in [0.2, 0.25) is 0 Å². The topological polar surface area (TPSA) is 95.9 Å². The average Bonchev–Trinajstić information content (AvgIpc) is 3.14. The number of carbonyl (C=O) groups excluding carboxylic acids is 2. The van der Waals surface area contributed by atoms with Gasteiger partial charge in [-0.1, -0.05) is 55.0 Å². The number of unbranched alkanes of at least 4 members (excludes halogenated alkanes) is 1. The summed E-state index contributed by atoms with van der Waals surface area (Å²) in [5.41, 5.74) is 4.63. The van der Waals surface area contributed by atoms with Crippen molar-refractivity contribution in [3.63, 3.8) is 0 Å². The first kappa shape index (κ1) is 24.8. The summed E-state index contributed by atoms with van der Waals surface area (Å²) in [4.78, 5) is 38.6. The van der Waals surface area contributed by atoms with E-state index in [2.05, 4.69) is 29.6 Å². The number of amides is 2. The van der Waals surface area contributed by atoms with Crippen molar-refractivity contribution in [1.29, 1.82) is 0 Å². The minimum atomic E-state index is -0.830. The molecule has 7 heteroatoms. The van der Waals surface area contributed by atoms with Crippen molar-refractivity contribution < 1.29 is 24.2 Å². The average molecular weight is 479 g/mol. The third-order valence-electron chi connectivity index (χ3n) is 7.27. The van der Waals surface area contributed by atoms with Crippen molar-refractivity contribution in [1.82, 2.24) is 10.2 Å². The molecule has 2 aromatic rings. The summed E-state index contributed by atoms with van der Waals surface area (Å²) in [6.07, 6.45) is 3.51. The Morgan fingerprint density at radius 3 is 2.20 bits per heavy atom. The monoisotopic (exact) mass is 478 g/mol. The Labute approximate surface area is 206 Å². The zero-order chi connectivity index (χ0) is 24.8. The second-order valence-electron chi connectivity index (χ2n) is 9.41. The van der Waals surface area contributed by atoms with Crippen molar-refractivity contribution in [2.75, 3.05) is 19.7 Å². The third kappa shape index (κ3) is 5.66.